The molecule has 0 bridgehead atoms. The molecule has 20 heavy (non-hydrogen) atoms. The SMILES string of the molecule is CC(C)(C)CC(CN)C(=O)N1CCC(N2CCCC2)C1. The van der Waals surface area contributed by atoms with Crippen LogP contribution >= 0.6 is 0 Å². The third-order valence-electron chi connectivity index (χ3n) is 4.62. The summed E-state index contributed by atoms with van der Waals surface area (Å²) in [7, 11) is 0. The van der Waals surface area contributed by atoms with E-state index >= 15 is 0 Å². The van der Waals surface area contributed by atoms with Gasteiger partial charge in [0.1, 0.15) is 0 Å². The Balaban J connectivity index is 1.89. The summed E-state index contributed by atoms with van der Waals surface area (Å²) >= 11 is 0. The molecule has 2 unspecified atom stereocenters. The Morgan fingerprint density at radius 2 is 1.90 bits per heavy atom. The molecule has 2 rings (SSSR count). The molecule has 4 heteroatoms. The maximum atomic E-state index is 12.6. The highest BCUT2D eigenvalue weighted by Crippen LogP contribution is 2.27. The Kier molecular flexibility index (Phi) is 5.08. The van der Waals surface area contributed by atoms with E-state index in [1.807, 2.05) is 0 Å². The van der Waals surface area contributed by atoms with Crippen molar-refractivity contribution in [1.29, 1.82) is 0 Å². The second kappa shape index (κ2) is 6.44. The number of hydrogen-bond donors (Lipinski definition) is 1. The zero-order valence-corrected chi connectivity index (χ0v) is 13.4. The van der Waals surface area contributed by atoms with Crippen LogP contribution in [0.25, 0.3) is 0 Å². The van der Waals surface area contributed by atoms with E-state index in [1.165, 1.54) is 25.9 Å². The van der Waals surface area contributed by atoms with Gasteiger partial charge in [-0.25, -0.2) is 0 Å². The zero-order chi connectivity index (χ0) is 14.8. The monoisotopic (exact) mass is 281 g/mol. The quantitative estimate of drug-likeness (QED) is 0.853. The number of hydrogen-bond acceptors (Lipinski definition) is 3. The maximum Gasteiger partial charge on any atom is 0.227 e. The lowest BCUT2D eigenvalue weighted by molar-refractivity contribution is -0.135. The molecule has 2 N–H and O–H groups in total. The van der Waals surface area contributed by atoms with Gasteiger partial charge in [-0.1, -0.05) is 20.8 Å². The van der Waals surface area contributed by atoms with Crippen LogP contribution in [0.4, 0.5) is 0 Å². The predicted molar refractivity (Wildman–Crippen MR) is 82.4 cm³/mol. The van der Waals surface area contributed by atoms with Crippen molar-refractivity contribution in [3.05, 3.63) is 0 Å². The fraction of sp³-hybridized carbons (Fsp3) is 0.938. The first-order valence-corrected chi connectivity index (χ1v) is 8.13. The second-order valence-corrected chi connectivity index (χ2v) is 7.67. The minimum absolute atomic E-state index is 0.00710. The Morgan fingerprint density at radius 3 is 2.45 bits per heavy atom. The average Bonchev–Trinajstić information content (AvgIpc) is 3.03. The highest BCUT2D eigenvalue weighted by molar-refractivity contribution is 5.79. The van der Waals surface area contributed by atoms with E-state index in [-0.39, 0.29) is 17.2 Å². The van der Waals surface area contributed by atoms with E-state index in [0.29, 0.717) is 12.6 Å². The molecular weight excluding hydrogens is 250 g/mol. The molecule has 0 spiro atoms. The molecule has 2 aliphatic heterocycles. The number of carbonyl (C=O) groups is 1. The van der Waals surface area contributed by atoms with Crippen LogP contribution in [0.5, 0.6) is 0 Å². The molecule has 2 heterocycles. The van der Waals surface area contributed by atoms with Gasteiger partial charge in [0.2, 0.25) is 5.91 Å². The van der Waals surface area contributed by atoms with E-state index < -0.39 is 0 Å². The average molecular weight is 281 g/mol. The van der Waals surface area contributed by atoms with Crippen LogP contribution < -0.4 is 5.73 Å². The van der Waals surface area contributed by atoms with Gasteiger partial charge < -0.3 is 10.6 Å². The number of likely N-dealkylation sites (tertiary alicyclic amines) is 2. The van der Waals surface area contributed by atoms with Crippen LogP contribution in [0.1, 0.15) is 46.5 Å². The van der Waals surface area contributed by atoms with E-state index in [2.05, 4.69) is 30.6 Å². The Labute approximate surface area is 123 Å². The van der Waals surface area contributed by atoms with Gasteiger partial charge >= 0.3 is 0 Å². The molecule has 0 radical (unpaired) electrons. The first kappa shape index (κ1) is 15.8. The molecular formula is C16H31N3O. The van der Waals surface area contributed by atoms with Crippen molar-refractivity contribution < 1.29 is 4.79 Å². The van der Waals surface area contributed by atoms with Crippen LogP contribution in [-0.4, -0.2) is 54.5 Å². The largest absolute Gasteiger partial charge is 0.341 e. The molecule has 1 amide bonds. The molecule has 2 fully saturated rings. The maximum absolute atomic E-state index is 12.6. The minimum Gasteiger partial charge on any atom is -0.341 e. The van der Waals surface area contributed by atoms with Crippen molar-refractivity contribution in [2.45, 2.75) is 52.5 Å². The highest BCUT2D eigenvalue weighted by Gasteiger charge is 2.34. The summed E-state index contributed by atoms with van der Waals surface area (Å²) in [4.78, 5) is 17.3. The summed E-state index contributed by atoms with van der Waals surface area (Å²) in [5, 5.41) is 0. The molecule has 2 saturated heterocycles. The fourth-order valence-electron chi connectivity index (χ4n) is 3.62. The first-order chi connectivity index (χ1) is 9.40. The summed E-state index contributed by atoms with van der Waals surface area (Å²) in [5.41, 5.74) is 6.01. The van der Waals surface area contributed by atoms with Crippen molar-refractivity contribution in [3.8, 4) is 0 Å². The number of amides is 1. The van der Waals surface area contributed by atoms with Gasteiger partial charge in [-0.2, -0.15) is 0 Å². The third kappa shape index (κ3) is 3.95. The number of nitrogens with two attached hydrogens (primary N) is 1. The standard InChI is InChI=1S/C16H31N3O/c1-16(2,3)10-13(11-17)15(20)19-9-6-14(12-19)18-7-4-5-8-18/h13-14H,4-12,17H2,1-3H3. The fourth-order valence-corrected chi connectivity index (χ4v) is 3.62. The van der Waals surface area contributed by atoms with Gasteiger partial charge in [-0.05, 0) is 44.2 Å². The van der Waals surface area contributed by atoms with Crippen LogP contribution in [0, 0.1) is 11.3 Å². The van der Waals surface area contributed by atoms with Crippen LogP contribution in [0.3, 0.4) is 0 Å². The minimum atomic E-state index is -0.00710. The molecule has 0 aromatic carbocycles. The van der Waals surface area contributed by atoms with Crippen LogP contribution in [-0.2, 0) is 4.79 Å². The molecule has 0 aromatic heterocycles. The topological polar surface area (TPSA) is 49.6 Å². The first-order valence-electron chi connectivity index (χ1n) is 8.13. The van der Waals surface area contributed by atoms with Crippen molar-refractivity contribution in [3.63, 3.8) is 0 Å². The number of rotatable bonds is 4. The smallest absolute Gasteiger partial charge is 0.227 e. The van der Waals surface area contributed by atoms with Gasteiger partial charge in [0.05, 0.1) is 5.92 Å². The Bertz CT molecular complexity index is 331. The lowest BCUT2D eigenvalue weighted by atomic mass is 9.84. The van der Waals surface area contributed by atoms with Crippen molar-refractivity contribution >= 4 is 5.91 Å². The molecule has 2 aliphatic rings. The van der Waals surface area contributed by atoms with Gasteiger partial charge in [0.25, 0.3) is 0 Å². The van der Waals surface area contributed by atoms with Crippen molar-refractivity contribution in [2.24, 2.45) is 17.1 Å². The molecule has 0 aliphatic carbocycles. The summed E-state index contributed by atoms with van der Waals surface area (Å²) in [6, 6.07) is 0.592. The highest BCUT2D eigenvalue weighted by atomic mass is 16.2. The Hall–Kier alpha value is -0.610. The molecule has 2 atom stereocenters. The lowest BCUT2D eigenvalue weighted by Gasteiger charge is -2.29. The molecule has 4 nitrogen and oxygen atoms in total. The van der Waals surface area contributed by atoms with Crippen molar-refractivity contribution in [1.82, 2.24) is 9.80 Å². The molecule has 116 valence electrons. The summed E-state index contributed by atoms with van der Waals surface area (Å²) in [5.74, 6) is 0.274. The van der Waals surface area contributed by atoms with Gasteiger partial charge in [-0.3, -0.25) is 9.69 Å². The Morgan fingerprint density at radius 1 is 1.25 bits per heavy atom. The number of nitrogens with zero attached hydrogens (tertiary/aromatic N) is 2. The third-order valence-corrected chi connectivity index (χ3v) is 4.62. The van der Waals surface area contributed by atoms with Gasteiger partial charge in [-0.15, -0.1) is 0 Å². The van der Waals surface area contributed by atoms with Crippen LogP contribution in [0.15, 0.2) is 0 Å². The van der Waals surface area contributed by atoms with Gasteiger partial charge in [0.15, 0.2) is 0 Å². The normalized spacial score (nSPS) is 26.2. The predicted octanol–water partition coefficient (Wildman–Crippen LogP) is 1.69. The summed E-state index contributed by atoms with van der Waals surface area (Å²) in [6.07, 6.45) is 4.66. The van der Waals surface area contributed by atoms with Crippen molar-refractivity contribution in [2.75, 3.05) is 32.7 Å². The van der Waals surface area contributed by atoms with Gasteiger partial charge in [0, 0.05) is 25.7 Å². The second-order valence-electron chi connectivity index (χ2n) is 7.67. The molecule has 0 aromatic rings. The lowest BCUT2D eigenvalue weighted by Crippen LogP contribution is -2.42. The van der Waals surface area contributed by atoms with E-state index in [9.17, 15) is 4.79 Å². The van der Waals surface area contributed by atoms with E-state index in [1.54, 1.807) is 0 Å². The van der Waals surface area contributed by atoms with E-state index in [4.69, 9.17) is 5.73 Å². The summed E-state index contributed by atoms with van der Waals surface area (Å²) < 4.78 is 0. The number of carbonyl (C=O) groups excluding carboxylic acids is 1. The summed E-state index contributed by atoms with van der Waals surface area (Å²) in [6.45, 7) is 11.3. The molecule has 0 saturated carbocycles. The van der Waals surface area contributed by atoms with Crippen LogP contribution in [0.2, 0.25) is 0 Å². The van der Waals surface area contributed by atoms with E-state index in [0.717, 1.165) is 25.9 Å². The zero-order valence-electron chi connectivity index (χ0n) is 13.4.